The Balaban J connectivity index is 1.88. The molecule has 0 amide bonds. The highest BCUT2D eigenvalue weighted by Gasteiger charge is 2.13. The van der Waals surface area contributed by atoms with Crippen molar-refractivity contribution in [3.05, 3.63) is 45.9 Å². The second-order valence-corrected chi connectivity index (χ2v) is 8.97. The van der Waals surface area contributed by atoms with Gasteiger partial charge in [0, 0.05) is 23.1 Å². The lowest BCUT2D eigenvalue weighted by Gasteiger charge is -2.12. The molecule has 0 aliphatic heterocycles. The summed E-state index contributed by atoms with van der Waals surface area (Å²) in [5.41, 5.74) is 0.619. The van der Waals surface area contributed by atoms with Gasteiger partial charge in [0.2, 0.25) is 0 Å². The van der Waals surface area contributed by atoms with E-state index in [4.69, 9.17) is 11.6 Å². The molecule has 126 valence electrons. The lowest BCUT2D eigenvalue weighted by atomic mass is 10.2. The zero-order chi connectivity index (χ0) is 17.3. The first-order chi connectivity index (χ1) is 11.3. The molecule has 0 unspecified atom stereocenters. The largest absolute Gasteiger partial charge is 0.386 e. The number of anilines is 1. The third-order valence-electron chi connectivity index (χ3n) is 3.42. The molecule has 2 heterocycles. The SMILES string of the molecule is CS(=O)(=O)c1ccc2ncnc(NC[C@H](O)c3ccc(Cl)s3)c2c1. The van der Waals surface area contributed by atoms with Crippen molar-refractivity contribution in [2.75, 3.05) is 18.1 Å². The number of fused-ring (bicyclic) bond motifs is 1. The van der Waals surface area contributed by atoms with Gasteiger partial charge in [0.15, 0.2) is 9.84 Å². The number of thiophene rings is 1. The van der Waals surface area contributed by atoms with E-state index in [9.17, 15) is 13.5 Å². The molecule has 0 saturated carbocycles. The van der Waals surface area contributed by atoms with Crippen LogP contribution in [0.25, 0.3) is 10.9 Å². The summed E-state index contributed by atoms with van der Waals surface area (Å²) < 4.78 is 24.1. The van der Waals surface area contributed by atoms with Gasteiger partial charge in [-0.3, -0.25) is 0 Å². The van der Waals surface area contributed by atoms with Crippen molar-refractivity contribution < 1.29 is 13.5 Å². The first-order valence-corrected chi connectivity index (χ1v) is 10.0. The Labute approximate surface area is 148 Å². The number of nitrogens with zero attached hydrogens (tertiary/aromatic N) is 2. The van der Waals surface area contributed by atoms with E-state index >= 15 is 0 Å². The maximum atomic E-state index is 11.7. The Morgan fingerprint density at radius 3 is 2.75 bits per heavy atom. The van der Waals surface area contributed by atoms with Crippen LogP contribution < -0.4 is 5.32 Å². The molecule has 24 heavy (non-hydrogen) atoms. The van der Waals surface area contributed by atoms with Gasteiger partial charge in [0.05, 0.1) is 14.7 Å². The van der Waals surface area contributed by atoms with Crippen molar-refractivity contribution in [1.82, 2.24) is 9.97 Å². The molecule has 0 radical (unpaired) electrons. The van der Waals surface area contributed by atoms with Crippen LogP contribution in [0.3, 0.4) is 0 Å². The standard InChI is InChI=1S/C15H14ClN3O3S2/c1-24(21,22)9-2-3-11-10(6-9)15(19-8-18-11)17-7-12(20)13-4-5-14(16)23-13/h2-6,8,12,20H,7H2,1H3,(H,17,18,19)/t12-/m0/s1. The number of hydrogen-bond acceptors (Lipinski definition) is 7. The van der Waals surface area contributed by atoms with E-state index in [2.05, 4.69) is 15.3 Å². The van der Waals surface area contributed by atoms with Gasteiger partial charge in [0.25, 0.3) is 0 Å². The number of sulfone groups is 1. The molecule has 0 saturated heterocycles. The fraction of sp³-hybridized carbons (Fsp3) is 0.200. The minimum absolute atomic E-state index is 0.193. The molecular weight excluding hydrogens is 370 g/mol. The Kier molecular flexibility index (Phi) is 4.73. The molecule has 1 aromatic carbocycles. The van der Waals surface area contributed by atoms with Crippen molar-refractivity contribution in [3.8, 4) is 0 Å². The summed E-state index contributed by atoms with van der Waals surface area (Å²) in [6.07, 6.45) is 1.79. The summed E-state index contributed by atoms with van der Waals surface area (Å²) in [6.45, 7) is 0.214. The van der Waals surface area contributed by atoms with Gasteiger partial charge in [-0.1, -0.05) is 11.6 Å². The maximum absolute atomic E-state index is 11.7. The van der Waals surface area contributed by atoms with Crippen LogP contribution in [0, 0.1) is 0 Å². The Bertz CT molecular complexity index is 989. The van der Waals surface area contributed by atoms with Crippen molar-refractivity contribution >= 4 is 49.5 Å². The fourth-order valence-corrected chi connectivity index (χ4v) is 3.90. The van der Waals surface area contributed by atoms with Crippen molar-refractivity contribution in [2.24, 2.45) is 0 Å². The molecule has 0 fully saturated rings. The summed E-state index contributed by atoms with van der Waals surface area (Å²) in [4.78, 5) is 9.21. The summed E-state index contributed by atoms with van der Waals surface area (Å²) in [6, 6.07) is 8.16. The highest BCUT2D eigenvalue weighted by atomic mass is 35.5. The lowest BCUT2D eigenvalue weighted by molar-refractivity contribution is 0.195. The van der Waals surface area contributed by atoms with Crippen LogP contribution in [0.15, 0.2) is 41.6 Å². The van der Waals surface area contributed by atoms with Crippen LogP contribution in [0.4, 0.5) is 5.82 Å². The molecule has 2 aromatic heterocycles. The van der Waals surface area contributed by atoms with Crippen LogP contribution >= 0.6 is 22.9 Å². The maximum Gasteiger partial charge on any atom is 0.175 e. The Morgan fingerprint density at radius 1 is 1.29 bits per heavy atom. The van der Waals surface area contributed by atoms with Gasteiger partial charge in [0.1, 0.15) is 18.2 Å². The van der Waals surface area contributed by atoms with Crippen molar-refractivity contribution in [1.29, 1.82) is 0 Å². The van der Waals surface area contributed by atoms with E-state index < -0.39 is 15.9 Å². The number of nitrogens with one attached hydrogen (secondary N) is 1. The Morgan fingerprint density at radius 2 is 2.08 bits per heavy atom. The molecule has 0 bridgehead atoms. The summed E-state index contributed by atoms with van der Waals surface area (Å²) >= 11 is 7.17. The number of halogens is 1. The summed E-state index contributed by atoms with van der Waals surface area (Å²) in [5, 5.41) is 13.8. The van der Waals surface area contributed by atoms with Gasteiger partial charge in [-0.15, -0.1) is 11.3 Å². The molecular formula is C15H14ClN3O3S2. The predicted molar refractivity (Wildman–Crippen MR) is 95.4 cm³/mol. The van der Waals surface area contributed by atoms with E-state index in [0.29, 0.717) is 21.1 Å². The van der Waals surface area contributed by atoms with E-state index in [-0.39, 0.29) is 11.4 Å². The number of aliphatic hydroxyl groups excluding tert-OH is 1. The van der Waals surface area contributed by atoms with Crippen LogP contribution in [0.2, 0.25) is 4.34 Å². The molecule has 6 nitrogen and oxygen atoms in total. The zero-order valence-electron chi connectivity index (χ0n) is 12.6. The van der Waals surface area contributed by atoms with Gasteiger partial charge in [-0.25, -0.2) is 18.4 Å². The minimum atomic E-state index is -3.33. The number of benzene rings is 1. The number of rotatable bonds is 5. The van der Waals surface area contributed by atoms with Crippen molar-refractivity contribution in [3.63, 3.8) is 0 Å². The van der Waals surface area contributed by atoms with E-state index in [1.807, 2.05) is 0 Å². The molecule has 3 rings (SSSR count). The predicted octanol–water partition coefficient (Wildman–Crippen LogP) is 2.89. The summed E-state index contributed by atoms with van der Waals surface area (Å²) in [7, 11) is -3.33. The first kappa shape index (κ1) is 17.1. The third kappa shape index (κ3) is 3.67. The molecule has 0 spiro atoms. The van der Waals surface area contributed by atoms with Gasteiger partial charge >= 0.3 is 0 Å². The summed E-state index contributed by atoms with van der Waals surface area (Å²) in [5.74, 6) is 0.465. The van der Waals surface area contributed by atoms with E-state index in [0.717, 1.165) is 11.1 Å². The number of aliphatic hydroxyl groups is 1. The van der Waals surface area contributed by atoms with Gasteiger partial charge < -0.3 is 10.4 Å². The molecule has 0 aliphatic rings. The van der Waals surface area contributed by atoms with E-state index in [1.165, 1.54) is 29.8 Å². The average molecular weight is 384 g/mol. The molecule has 1 atom stereocenters. The first-order valence-electron chi connectivity index (χ1n) is 6.96. The van der Waals surface area contributed by atoms with E-state index in [1.54, 1.807) is 18.2 Å². The molecule has 2 N–H and O–H groups in total. The number of hydrogen-bond donors (Lipinski definition) is 2. The van der Waals surface area contributed by atoms with Crippen LogP contribution in [-0.2, 0) is 9.84 Å². The fourth-order valence-electron chi connectivity index (χ4n) is 2.21. The molecule has 0 aliphatic carbocycles. The topological polar surface area (TPSA) is 92.2 Å². The normalized spacial score (nSPS) is 13.1. The highest BCUT2D eigenvalue weighted by Crippen LogP contribution is 2.28. The molecule has 9 heteroatoms. The zero-order valence-corrected chi connectivity index (χ0v) is 15.0. The van der Waals surface area contributed by atoms with Crippen LogP contribution in [0.1, 0.15) is 11.0 Å². The van der Waals surface area contributed by atoms with Crippen LogP contribution in [-0.4, -0.2) is 36.3 Å². The van der Waals surface area contributed by atoms with Crippen molar-refractivity contribution in [2.45, 2.75) is 11.0 Å². The second-order valence-electron chi connectivity index (χ2n) is 5.21. The average Bonchev–Trinajstić information content (AvgIpc) is 2.97. The highest BCUT2D eigenvalue weighted by molar-refractivity contribution is 7.90. The monoisotopic (exact) mass is 383 g/mol. The Hall–Kier alpha value is -1.74. The lowest BCUT2D eigenvalue weighted by Crippen LogP contribution is -2.12. The third-order valence-corrected chi connectivity index (χ3v) is 5.86. The quantitative estimate of drug-likeness (QED) is 0.703. The number of aromatic nitrogens is 2. The minimum Gasteiger partial charge on any atom is -0.386 e. The van der Waals surface area contributed by atoms with Crippen LogP contribution in [0.5, 0.6) is 0 Å². The smallest absolute Gasteiger partial charge is 0.175 e. The van der Waals surface area contributed by atoms with Gasteiger partial charge in [-0.2, -0.15) is 0 Å². The second kappa shape index (κ2) is 6.64. The molecule has 3 aromatic rings. The van der Waals surface area contributed by atoms with Gasteiger partial charge in [-0.05, 0) is 30.3 Å².